The van der Waals surface area contributed by atoms with Crippen LogP contribution in [0.1, 0.15) is 5.56 Å². The lowest BCUT2D eigenvalue weighted by atomic mass is 10.1. The van der Waals surface area contributed by atoms with Crippen molar-refractivity contribution in [1.82, 2.24) is 9.97 Å². The topological polar surface area (TPSA) is 46.0 Å². The van der Waals surface area contributed by atoms with E-state index in [1.165, 1.54) is 0 Å². The fourth-order valence-electron chi connectivity index (χ4n) is 1.96. The number of aromatic nitrogens is 2. The summed E-state index contributed by atoms with van der Waals surface area (Å²) in [5.41, 5.74) is 3.26. The van der Waals surface area contributed by atoms with Crippen molar-refractivity contribution in [2.24, 2.45) is 0 Å². The molecule has 0 fully saturated rings. The van der Waals surface area contributed by atoms with Crippen LogP contribution in [0.3, 0.4) is 0 Å². The highest BCUT2D eigenvalue weighted by molar-refractivity contribution is 5.79. The van der Waals surface area contributed by atoms with Gasteiger partial charge >= 0.3 is 0 Å². The minimum Gasteiger partial charge on any atom is -0.507 e. The summed E-state index contributed by atoms with van der Waals surface area (Å²) in [6.45, 7) is 1.99. The summed E-state index contributed by atoms with van der Waals surface area (Å²) >= 11 is 0. The Labute approximate surface area is 105 Å². The van der Waals surface area contributed by atoms with Crippen LogP contribution in [0.15, 0.2) is 48.7 Å². The molecule has 3 rings (SSSR count). The van der Waals surface area contributed by atoms with Crippen molar-refractivity contribution in [1.29, 1.82) is 0 Å². The van der Waals surface area contributed by atoms with Gasteiger partial charge in [0.1, 0.15) is 5.75 Å². The number of phenolic OH excluding ortho intramolecular Hbond substituents is 1. The van der Waals surface area contributed by atoms with Crippen molar-refractivity contribution in [3.05, 3.63) is 54.2 Å². The number of benzene rings is 1. The Balaban J connectivity index is 2.22. The third kappa shape index (κ3) is 1.80. The highest BCUT2D eigenvalue weighted by Gasteiger charge is 2.07. The predicted molar refractivity (Wildman–Crippen MR) is 71.4 cm³/mol. The largest absolute Gasteiger partial charge is 0.507 e. The Morgan fingerprint density at radius 1 is 1.06 bits per heavy atom. The lowest BCUT2D eigenvalue weighted by Gasteiger charge is -2.06. The van der Waals surface area contributed by atoms with Gasteiger partial charge in [0.2, 0.25) is 0 Å². The summed E-state index contributed by atoms with van der Waals surface area (Å²) in [6.07, 6.45) is 1.72. The molecule has 18 heavy (non-hydrogen) atoms. The van der Waals surface area contributed by atoms with Gasteiger partial charge in [-0.25, -0.2) is 9.97 Å². The maximum absolute atomic E-state index is 9.90. The van der Waals surface area contributed by atoms with E-state index in [4.69, 9.17) is 0 Å². The van der Waals surface area contributed by atoms with E-state index in [0.29, 0.717) is 5.65 Å². The van der Waals surface area contributed by atoms with Crippen LogP contribution in [-0.2, 0) is 0 Å². The molecule has 2 heterocycles. The molecule has 88 valence electrons. The van der Waals surface area contributed by atoms with E-state index in [2.05, 4.69) is 9.97 Å². The Kier molecular flexibility index (Phi) is 2.45. The maximum Gasteiger partial charge on any atom is 0.159 e. The minimum atomic E-state index is 0.239. The summed E-state index contributed by atoms with van der Waals surface area (Å²) in [5, 5.41) is 10.9. The molecule has 0 bridgehead atoms. The number of pyridine rings is 2. The van der Waals surface area contributed by atoms with E-state index < -0.39 is 0 Å². The van der Waals surface area contributed by atoms with Gasteiger partial charge in [-0.15, -0.1) is 0 Å². The number of aromatic hydroxyl groups is 1. The van der Waals surface area contributed by atoms with Gasteiger partial charge in [0.15, 0.2) is 5.65 Å². The SMILES string of the molecule is Cc1ccc(O)c(-c2ccc3cccnc3n2)c1. The summed E-state index contributed by atoms with van der Waals surface area (Å²) in [7, 11) is 0. The lowest BCUT2D eigenvalue weighted by molar-refractivity contribution is 0.477. The fraction of sp³-hybridized carbons (Fsp3) is 0.0667. The summed E-state index contributed by atoms with van der Waals surface area (Å²) < 4.78 is 0. The van der Waals surface area contributed by atoms with Gasteiger partial charge in [0.05, 0.1) is 5.69 Å². The summed E-state index contributed by atoms with van der Waals surface area (Å²) in [4.78, 5) is 8.70. The molecule has 1 N–H and O–H groups in total. The fourth-order valence-corrected chi connectivity index (χ4v) is 1.96. The molecule has 0 atom stereocenters. The van der Waals surface area contributed by atoms with E-state index in [-0.39, 0.29) is 5.75 Å². The van der Waals surface area contributed by atoms with Crippen molar-refractivity contribution >= 4 is 11.0 Å². The Bertz CT molecular complexity index is 723. The van der Waals surface area contributed by atoms with Gasteiger partial charge in [0.25, 0.3) is 0 Å². The van der Waals surface area contributed by atoms with Gasteiger partial charge in [-0.3, -0.25) is 0 Å². The average Bonchev–Trinajstić information content (AvgIpc) is 2.41. The number of aryl methyl sites for hydroxylation is 1. The second-order valence-corrected chi connectivity index (χ2v) is 4.27. The van der Waals surface area contributed by atoms with Crippen molar-refractivity contribution in [3.8, 4) is 17.0 Å². The lowest BCUT2D eigenvalue weighted by Crippen LogP contribution is -1.88. The van der Waals surface area contributed by atoms with Crippen LogP contribution in [0.2, 0.25) is 0 Å². The molecular formula is C15H12N2O. The number of hydrogen-bond donors (Lipinski definition) is 1. The average molecular weight is 236 g/mol. The van der Waals surface area contributed by atoms with E-state index in [0.717, 1.165) is 22.2 Å². The zero-order valence-electron chi connectivity index (χ0n) is 9.96. The normalized spacial score (nSPS) is 10.7. The van der Waals surface area contributed by atoms with Gasteiger partial charge in [-0.2, -0.15) is 0 Å². The van der Waals surface area contributed by atoms with Crippen LogP contribution >= 0.6 is 0 Å². The van der Waals surface area contributed by atoms with Gasteiger partial charge in [-0.1, -0.05) is 11.6 Å². The van der Waals surface area contributed by atoms with Crippen molar-refractivity contribution < 1.29 is 5.11 Å². The summed E-state index contributed by atoms with van der Waals surface area (Å²) in [5.74, 6) is 0.239. The van der Waals surface area contributed by atoms with Crippen LogP contribution in [-0.4, -0.2) is 15.1 Å². The van der Waals surface area contributed by atoms with Crippen LogP contribution in [0, 0.1) is 6.92 Å². The number of phenols is 1. The van der Waals surface area contributed by atoms with E-state index in [1.807, 2.05) is 43.3 Å². The highest BCUT2D eigenvalue weighted by atomic mass is 16.3. The van der Waals surface area contributed by atoms with Crippen LogP contribution in [0.4, 0.5) is 0 Å². The van der Waals surface area contributed by atoms with E-state index >= 15 is 0 Å². The Morgan fingerprint density at radius 3 is 2.83 bits per heavy atom. The first-order valence-electron chi connectivity index (χ1n) is 5.76. The van der Waals surface area contributed by atoms with Gasteiger partial charge in [0, 0.05) is 17.1 Å². The van der Waals surface area contributed by atoms with Crippen LogP contribution in [0.25, 0.3) is 22.3 Å². The van der Waals surface area contributed by atoms with Crippen molar-refractivity contribution in [2.75, 3.05) is 0 Å². The maximum atomic E-state index is 9.90. The smallest absolute Gasteiger partial charge is 0.159 e. The molecule has 0 amide bonds. The molecule has 3 nitrogen and oxygen atoms in total. The first kappa shape index (κ1) is 10.7. The molecule has 0 radical (unpaired) electrons. The van der Waals surface area contributed by atoms with E-state index in [9.17, 15) is 5.11 Å². The minimum absolute atomic E-state index is 0.239. The van der Waals surface area contributed by atoms with Gasteiger partial charge < -0.3 is 5.11 Å². The molecule has 0 aliphatic rings. The quantitative estimate of drug-likeness (QED) is 0.705. The first-order valence-corrected chi connectivity index (χ1v) is 5.76. The molecule has 0 saturated carbocycles. The molecule has 3 aromatic rings. The second kappa shape index (κ2) is 4.11. The van der Waals surface area contributed by atoms with E-state index in [1.54, 1.807) is 12.3 Å². The number of fused-ring (bicyclic) bond motifs is 1. The molecule has 2 aromatic heterocycles. The molecule has 0 aliphatic heterocycles. The summed E-state index contributed by atoms with van der Waals surface area (Å²) in [6, 6.07) is 13.2. The second-order valence-electron chi connectivity index (χ2n) is 4.27. The Hall–Kier alpha value is -2.42. The van der Waals surface area contributed by atoms with Crippen LogP contribution < -0.4 is 0 Å². The zero-order valence-corrected chi connectivity index (χ0v) is 9.96. The third-order valence-corrected chi connectivity index (χ3v) is 2.89. The van der Waals surface area contributed by atoms with Crippen LogP contribution in [0.5, 0.6) is 5.75 Å². The zero-order chi connectivity index (χ0) is 12.5. The van der Waals surface area contributed by atoms with Gasteiger partial charge in [-0.05, 0) is 43.3 Å². The van der Waals surface area contributed by atoms with Crippen molar-refractivity contribution in [3.63, 3.8) is 0 Å². The predicted octanol–water partition coefficient (Wildman–Crippen LogP) is 3.31. The molecule has 0 aliphatic carbocycles. The molecular weight excluding hydrogens is 224 g/mol. The highest BCUT2D eigenvalue weighted by Crippen LogP contribution is 2.29. The monoisotopic (exact) mass is 236 g/mol. The third-order valence-electron chi connectivity index (χ3n) is 2.89. The van der Waals surface area contributed by atoms with Crippen molar-refractivity contribution in [2.45, 2.75) is 6.92 Å². The number of hydrogen-bond acceptors (Lipinski definition) is 3. The standard InChI is InChI=1S/C15H12N2O/c1-10-4-7-14(18)12(9-10)13-6-5-11-3-2-8-16-15(11)17-13/h2-9,18H,1H3. The molecule has 1 aromatic carbocycles. The first-order chi connectivity index (χ1) is 8.74. The molecule has 0 spiro atoms. The Morgan fingerprint density at radius 2 is 1.94 bits per heavy atom. The molecule has 0 saturated heterocycles. The number of nitrogens with zero attached hydrogens (tertiary/aromatic N) is 2. The molecule has 3 heteroatoms. The molecule has 0 unspecified atom stereocenters. The number of rotatable bonds is 1.